The van der Waals surface area contributed by atoms with Crippen LogP contribution in [0.15, 0.2) is 102 Å². The zero-order chi connectivity index (χ0) is 32.8. The molecular weight excluding hydrogens is 626 g/mol. The molecule has 1 amide bonds. The lowest BCUT2D eigenvalue weighted by Gasteiger charge is -2.25. The van der Waals surface area contributed by atoms with Crippen LogP contribution in [0.1, 0.15) is 33.5 Å². The fraction of sp³-hybridized carbons (Fsp3) is 0.212. The zero-order valence-corrected chi connectivity index (χ0v) is 26.0. The molecule has 7 nitrogen and oxygen atoms in total. The quantitative estimate of drug-likeness (QED) is 0.170. The molecule has 0 saturated heterocycles. The standard InChI is InChI=1S/C33H31F3N2O5S2/c1-22-8-6-7-11-27(22)29-20-23(12-17-28(29)31(39)37-30(32(40)41)18-19-44-2)21-38(25-9-4-3-5-10-25)45(42,43)26-15-13-24(14-16-26)33(34,35)36/h3-17,20,30H,18-19,21H2,1-2H3,(H,37,39)(H,40,41). The third-order valence-corrected chi connectivity index (χ3v) is 9.55. The van der Waals surface area contributed by atoms with E-state index < -0.39 is 39.7 Å². The van der Waals surface area contributed by atoms with Crippen molar-refractivity contribution in [2.45, 2.75) is 37.0 Å². The summed E-state index contributed by atoms with van der Waals surface area (Å²) in [6.45, 7) is 1.65. The number of nitrogens with zero attached hydrogens (tertiary/aromatic N) is 1. The molecule has 45 heavy (non-hydrogen) atoms. The lowest BCUT2D eigenvalue weighted by atomic mass is 9.93. The van der Waals surface area contributed by atoms with Gasteiger partial charge in [-0.2, -0.15) is 24.9 Å². The Labute approximate surface area is 264 Å². The number of para-hydroxylation sites is 1. The number of hydrogen-bond donors (Lipinski definition) is 2. The van der Waals surface area contributed by atoms with Crippen molar-refractivity contribution in [1.82, 2.24) is 5.32 Å². The number of alkyl halides is 3. The molecule has 236 valence electrons. The first-order chi connectivity index (χ1) is 21.3. The number of carboxylic acid groups (broad SMARTS) is 1. The van der Waals surface area contributed by atoms with Crippen molar-refractivity contribution in [3.63, 3.8) is 0 Å². The molecule has 0 radical (unpaired) electrons. The van der Waals surface area contributed by atoms with Crippen molar-refractivity contribution in [2.24, 2.45) is 0 Å². The number of hydrogen-bond acceptors (Lipinski definition) is 5. The van der Waals surface area contributed by atoms with E-state index in [-0.39, 0.29) is 29.1 Å². The third kappa shape index (κ3) is 8.06. The van der Waals surface area contributed by atoms with Gasteiger partial charge in [-0.25, -0.2) is 13.2 Å². The van der Waals surface area contributed by atoms with Crippen LogP contribution in [0.3, 0.4) is 0 Å². The van der Waals surface area contributed by atoms with Gasteiger partial charge in [0.15, 0.2) is 0 Å². The van der Waals surface area contributed by atoms with Crippen LogP contribution in [0, 0.1) is 6.92 Å². The molecule has 0 bridgehead atoms. The smallest absolute Gasteiger partial charge is 0.416 e. The van der Waals surface area contributed by atoms with Gasteiger partial charge in [0.25, 0.3) is 15.9 Å². The SMILES string of the molecule is CSCCC(NC(=O)c1ccc(CN(c2ccccc2)S(=O)(=O)c2ccc(C(F)(F)F)cc2)cc1-c1ccccc1C)C(=O)O. The number of anilines is 1. The van der Waals surface area contributed by atoms with Crippen LogP contribution in [0.2, 0.25) is 0 Å². The molecule has 0 saturated carbocycles. The van der Waals surface area contributed by atoms with Crippen LogP contribution in [-0.4, -0.2) is 43.5 Å². The van der Waals surface area contributed by atoms with E-state index in [1.807, 2.05) is 31.4 Å². The molecule has 4 aromatic carbocycles. The molecule has 0 aliphatic rings. The topological polar surface area (TPSA) is 104 Å². The summed E-state index contributed by atoms with van der Waals surface area (Å²) < 4.78 is 68.4. The largest absolute Gasteiger partial charge is 0.480 e. The van der Waals surface area contributed by atoms with Crippen LogP contribution in [0.5, 0.6) is 0 Å². The molecule has 2 N–H and O–H groups in total. The Morgan fingerprint density at radius 1 is 0.911 bits per heavy atom. The number of halogens is 3. The van der Waals surface area contributed by atoms with E-state index in [0.29, 0.717) is 22.4 Å². The van der Waals surface area contributed by atoms with Gasteiger partial charge in [0.2, 0.25) is 0 Å². The van der Waals surface area contributed by atoms with Crippen molar-refractivity contribution in [3.05, 3.63) is 119 Å². The summed E-state index contributed by atoms with van der Waals surface area (Å²) in [5, 5.41) is 12.3. The normalized spacial score (nSPS) is 12.4. The highest BCUT2D eigenvalue weighted by Crippen LogP contribution is 2.33. The van der Waals surface area contributed by atoms with Gasteiger partial charge in [0.05, 0.1) is 22.7 Å². The summed E-state index contributed by atoms with van der Waals surface area (Å²) in [6, 6.07) is 22.4. The number of carboxylic acids is 1. The van der Waals surface area contributed by atoms with Crippen molar-refractivity contribution >= 4 is 39.3 Å². The first kappa shape index (κ1) is 33.6. The van der Waals surface area contributed by atoms with Gasteiger partial charge in [-0.1, -0.05) is 48.5 Å². The Balaban J connectivity index is 1.78. The molecule has 0 aromatic heterocycles. The summed E-state index contributed by atoms with van der Waals surface area (Å²) in [4.78, 5) is 25.0. The van der Waals surface area contributed by atoms with Crippen LogP contribution < -0.4 is 9.62 Å². The van der Waals surface area contributed by atoms with Crippen molar-refractivity contribution in [3.8, 4) is 11.1 Å². The first-order valence-electron chi connectivity index (χ1n) is 13.8. The fourth-order valence-corrected chi connectivity index (χ4v) is 6.66. The van der Waals surface area contributed by atoms with E-state index >= 15 is 0 Å². The van der Waals surface area contributed by atoms with Gasteiger partial charge in [-0.15, -0.1) is 0 Å². The number of thioether (sulfide) groups is 1. The van der Waals surface area contributed by atoms with E-state index in [0.717, 1.165) is 34.1 Å². The lowest BCUT2D eigenvalue weighted by molar-refractivity contribution is -0.139. The Bertz CT molecular complexity index is 1760. The number of rotatable bonds is 12. The van der Waals surface area contributed by atoms with Gasteiger partial charge < -0.3 is 10.4 Å². The molecule has 0 spiro atoms. The summed E-state index contributed by atoms with van der Waals surface area (Å²) in [5.41, 5.74) is 2.01. The van der Waals surface area contributed by atoms with Crippen LogP contribution in [0.4, 0.5) is 18.9 Å². The average molecular weight is 657 g/mol. The monoisotopic (exact) mass is 656 g/mol. The van der Waals surface area contributed by atoms with Gasteiger partial charge in [-0.05, 0) is 96.1 Å². The van der Waals surface area contributed by atoms with Crippen LogP contribution >= 0.6 is 11.8 Å². The lowest BCUT2D eigenvalue weighted by Crippen LogP contribution is -2.41. The Morgan fingerprint density at radius 3 is 2.16 bits per heavy atom. The Morgan fingerprint density at radius 2 is 1.56 bits per heavy atom. The molecule has 1 unspecified atom stereocenters. The Hall–Kier alpha value is -4.29. The van der Waals surface area contributed by atoms with Gasteiger partial charge in [-0.3, -0.25) is 9.10 Å². The number of carbonyl (C=O) groups excluding carboxylic acids is 1. The second-order valence-electron chi connectivity index (χ2n) is 10.2. The number of aliphatic carboxylic acids is 1. The maximum atomic E-state index is 13.9. The number of amides is 1. The maximum Gasteiger partial charge on any atom is 0.416 e. The number of carbonyl (C=O) groups is 2. The summed E-state index contributed by atoms with van der Waals surface area (Å²) in [5.74, 6) is -1.21. The summed E-state index contributed by atoms with van der Waals surface area (Å²) >= 11 is 1.46. The molecule has 4 aromatic rings. The Kier molecular flexibility index (Phi) is 10.6. The van der Waals surface area contributed by atoms with Crippen molar-refractivity contribution in [2.75, 3.05) is 16.3 Å². The highest BCUT2D eigenvalue weighted by atomic mass is 32.2. The van der Waals surface area contributed by atoms with E-state index in [4.69, 9.17) is 0 Å². The predicted molar refractivity (Wildman–Crippen MR) is 170 cm³/mol. The highest BCUT2D eigenvalue weighted by Gasteiger charge is 2.32. The van der Waals surface area contributed by atoms with Crippen molar-refractivity contribution in [1.29, 1.82) is 0 Å². The maximum absolute atomic E-state index is 13.9. The van der Waals surface area contributed by atoms with Gasteiger partial charge >= 0.3 is 12.1 Å². The third-order valence-electron chi connectivity index (χ3n) is 7.12. The molecule has 12 heteroatoms. The fourth-order valence-electron chi connectivity index (χ4n) is 4.73. The first-order valence-corrected chi connectivity index (χ1v) is 16.6. The van der Waals surface area contributed by atoms with Crippen LogP contribution in [-0.2, 0) is 27.5 Å². The minimum atomic E-state index is -4.62. The summed E-state index contributed by atoms with van der Waals surface area (Å²) in [7, 11) is -4.34. The predicted octanol–water partition coefficient (Wildman–Crippen LogP) is 7.01. The van der Waals surface area contributed by atoms with Crippen molar-refractivity contribution < 1.29 is 36.3 Å². The van der Waals surface area contributed by atoms with Gasteiger partial charge in [0, 0.05) is 5.56 Å². The highest BCUT2D eigenvalue weighted by molar-refractivity contribution is 7.98. The summed E-state index contributed by atoms with van der Waals surface area (Å²) in [6.07, 6.45) is -2.55. The molecule has 1 atom stereocenters. The molecule has 0 fully saturated rings. The van der Waals surface area contributed by atoms with E-state index in [2.05, 4.69) is 5.32 Å². The minimum Gasteiger partial charge on any atom is -0.480 e. The second-order valence-corrected chi connectivity index (χ2v) is 13.1. The van der Waals surface area contributed by atoms with Crippen LogP contribution in [0.25, 0.3) is 11.1 Å². The molecular formula is C33H31F3N2O5S2. The number of nitrogens with one attached hydrogen (secondary N) is 1. The second kappa shape index (κ2) is 14.2. The molecule has 4 rings (SSSR count). The molecule has 0 aliphatic carbocycles. The number of sulfonamides is 1. The average Bonchev–Trinajstić information content (AvgIpc) is 3.01. The molecule has 0 aliphatic heterocycles. The van der Waals surface area contributed by atoms with E-state index in [1.54, 1.807) is 48.5 Å². The van der Waals surface area contributed by atoms with E-state index in [9.17, 15) is 36.3 Å². The zero-order valence-electron chi connectivity index (χ0n) is 24.4. The minimum absolute atomic E-state index is 0.209. The van der Waals surface area contributed by atoms with E-state index in [1.165, 1.54) is 17.8 Å². The number of aryl methyl sites for hydroxylation is 1. The number of benzene rings is 4. The van der Waals surface area contributed by atoms with Gasteiger partial charge in [0.1, 0.15) is 6.04 Å². The molecule has 0 heterocycles.